The lowest BCUT2D eigenvalue weighted by Gasteiger charge is -2.34. The Hall–Kier alpha value is -1.60. The standard InChI is InChI=1S/C21H23Cl2NO4S/c1-13-6-8-14(9-7-13)29(26)11-5-4-10-27-19-15(22)12-16-17(18(19)23)21(2,3)28-20(25)24-16/h6-9,12H,4-5,10-11H2,1-3H3,(H,24,25). The van der Waals surface area contributed by atoms with E-state index in [0.717, 1.165) is 16.9 Å². The highest BCUT2D eigenvalue weighted by atomic mass is 35.5. The number of anilines is 1. The normalized spacial score (nSPS) is 15.9. The zero-order chi connectivity index (χ0) is 21.2. The van der Waals surface area contributed by atoms with Crippen LogP contribution in [0, 0.1) is 6.92 Å². The van der Waals surface area contributed by atoms with Crippen molar-refractivity contribution in [1.82, 2.24) is 0 Å². The lowest BCUT2D eigenvalue weighted by atomic mass is 9.94. The first kappa shape index (κ1) is 22.1. The number of amides is 1. The van der Waals surface area contributed by atoms with Crippen LogP contribution < -0.4 is 10.1 Å². The zero-order valence-corrected chi connectivity index (χ0v) is 18.8. The van der Waals surface area contributed by atoms with Crippen LogP contribution in [0.3, 0.4) is 0 Å². The molecule has 1 unspecified atom stereocenters. The smallest absolute Gasteiger partial charge is 0.412 e. The first-order chi connectivity index (χ1) is 13.7. The summed E-state index contributed by atoms with van der Waals surface area (Å²) in [6.45, 7) is 5.90. The molecule has 5 nitrogen and oxygen atoms in total. The molecule has 3 rings (SSSR count). The molecule has 0 fully saturated rings. The van der Waals surface area contributed by atoms with Gasteiger partial charge in [0.2, 0.25) is 0 Å². The van der Waals surface area contributed by atoms with Crippen molar-refractivity contribution in [1.29, 1.82) is 0 Å². The Morgan fingerprint density at radius 3 is 2.59 bits per heavy atom. The summed E-state index contributed by atoms with van der Waals surface area (Å²) in [6, 6.07) is 9.34. The van der Waals surface area contributed by atoms with Gasteiger partial charge in [-0.25, -0.2) is 4.79 Å². The fourth-order valence-corrected chi connectivity index (χ4v) is 5.09. The van der Waals surface area contributed by atoms with Crippen molar-refractivity contribution in [3.63, 3.8) is 0 Å². The van der Waals surface area contributed by atoms with Crippen molar-refractivity contribution >= 4 is 46.2 Å². The summed E-state index contributed by atoms with van der Waals surface area (Å²) in [4.78, 5) is 12.5. The molecule has 156 valence electrons. The average Bonchev–Trinajstić information content (AvgIpc) is 2.62. The lowest BCUT2D eigenvalue weighted by Crippen LogP contribution is -2.35. The molecular formula is C21H23Cl2NO4S. The van der Waals surface area contributed by atoms with Crippen LogP contribution in [-0.2, 0) is 21.5 Å². The van der Waals surface area contributed by atoms with Crippen LogP contribution in [0.4, 0.5) is 10.5 Å². The summed E-state index contributed by atoms with van der Waals surface area (Å²) >= 11 is 11.8. The third-order valence-electron chi connectivity index (χ3n) is 4.62. The number of hydrogen-bond acceptors (Lipinski definition) is 4. The Balaban J connectivity index is 1.59. The van der Waals surface area contributed by atoms with Gasteiger partial charge in [0.05, 0.1) is 22.3 Å². The molecule has 1 heterocycles. The van der Waals surface area contributed by atoms with Gasteiger partial charge >= 0.3 is 6.09 Å². The average molecular weight is 456 g/mol. The Morgan fingerprint density at radius 1 is 1.21 bits per heavy atom. The number of halogens is 2. The fourth-order valence-electron chi connectivity index (χ4n) is 3.16. The number of cyclic esters (lactones) is 1. The molecule has 1 aliphatic rings. The third-order valence-corrected chi connectivity index (χ3v) is 6.72. The number of carbonyl (C=O) groups is 1. The van der Waals surface area contributed by atoms with Gasteiger partial charge < -0.3 is 14.0 Å². The van der Waals surface area contributed by atoms with E-state index in [4.69, 9.17) is 32.7 Å². The summed E-state index contributed by atoms with van der Waals surface area (Å²) in [5.74, 6) is 0.921. The van der Waals surface area contributed by atoms with E-state index in [1.54, 1.807) is 19.9 Å². The number of unbranched alkanes of at least 4 members (excludes halogenated alkanes) is 1. The summed E-state index contributed by atoms with van der Waals surface area (Å²) < 4.78 is 23.5. The first-order valence-corrected chi connectivity index (χ1v) is 11.4. The number of fused-ring (bicyclic) bond motifs is 1. The van der Waals surface area contributed by atoms with Crippen molar-refractivity contribution < 1.29 is 18.8 Å². The van der Waals surface area contributed by atoms with Crippen LogP contribution in [0.25, 0.3) is 0 Å². The summed E-state index contributed by atoms with van der Waals surface area (Å²) in [6.07, 6.45) is 0.897. The van der Waals surface area contributed by atoms with Gasteiger partial charge in [0.1, 0.15) is 11.4 Å². The Labute approximate surface area is 183 Å². The fraction of sp³-hybridized carbons (Fsp3) is 0.381. The quantitative estimate of drug-likeness (QED) is 0.406. The van der Waals surface area contributed by atoms with Gasteiger partial charge in [0.25, 0.3) is 0 Å². The molecule has 1 amide bonds. The minimum atomic E-state index is -1.03. The Bertz CT molecular complexity index is 903. The monoisotopic (exact) mass is 455 g/mol. The summed E-state index contributed by atoms with van der Waals surface area (Å²) in [5, 5.41) is 3.25. The van der Waals surface area contributed by atoms with Crippen LogP contribution in [0.1, 0.15) is 37.8 Å². The van der Waals surface area contributed by atoms with E-state index < -0.39 is 22.9 Å². The number of benzene rings is 2. The molecule has 1 atom stereocenters. The molecule has 0 bridgehead atoms. The van der Waals surface area contributed by atoms with Gasteiger partial charge in [-0.3, -0.25) is 5.32 Å². The number of hydrogen-bond donors (Lipinski definition) is 1. The molecule has 1 N–H and O–H groups in total. The highest BCUT2D eigenvalue weighted by Gasteiger charge is 2.37. The molecule has 2 aromatic rings. The predicted molar refractivity (Wildman–Crippen MR) is 117 cm³/mol. The maximum atomic E-state index is 12.3. The van der Waals surface area contributed by atoms with Gasteiger partial charge in [0.15, 0.2) is 10.6 Å². The van der Waals surface area contributed by atoms with E-state index in [1.807, 2.05) is 31.2 Å². The molecule has 1 aliphatic heterocycles. The SMILES string of the molecule is Cc1ccc([S+]([O-])CCCCOc2c(Cl)cc3c(c2Cl)C(C)(C)OC(=O)N3)cc1. The topological polar surface area (TPSA) is 70.6 Å². The van der Waals surface area contributed by atoms with Crippen LogP contribution in [-0.4, -0.2) is 23.0 Å². The van der Waals surface area contributed by atoms with Gasteiger partial charge in [-0.05, 0) is 63.0 Å². The van der Waals surface area contributed by atoms with Crippen LogP contribution >= 0.6 is 23.2 Å². The van der Waals surface area contributed by atoms with Crippen molar-refractivity contribution in [3.8, 4) is 5.75 Å². The minimum absolute atomic E-state index is 0.315. The minimum Gasteiger partial charge on any atom is -0.611 e. The number of carbonyl (C=O) groups excluding carboxylic acids is 1. The molecule has 0 saturated heterocycles. The van der Waals surface area contributed by atoms with Gasteiger partial charge in [-0.15, -0.1) is 0 Å². The van der Waals surface area contributed by atoms with Crippen molar-refractivity contribution in [2.24, 2.45) is 0 Å². The predicted octanol–water partition coefficient (Wildman–Crippen LogP) is 6.07. The Kier molecular flexibility index (Phi) is 6.89. The zero-order valence-electron chi connectivity index (χ0n) is 16.5. The second kappa shape index (κ2) is 9.04. The highest BCUT2D eigenvalue weighted by molar-refractivity contribution is 7.91. The maximum absolute atomic E-state index is 12.3. The van der Waals surface area contributed by atoms with Crippen LogP contribution in [0.5, 0.6) is 5.75 Å². The first-order valence-electron chi connectivity index (χ1n) is 9.29. The number of ether oxygens (including phenoxy) is 2. The van der Waals surface area contributed by atoms with E-state index in [0.29, 0.717) is 45.8 Å². The van der Waals surface area contributed by atoms with Crippen LogP contribution in [0.2, 0.25) is 10.0 Å². The van der Waals surface area contributed by atoms with Gasteiger partial charge in [-0.1, -0.05) is 40.9 Å². The lowest BCUT2D eigenvalue weighted by molar-refractivity contribution is 0.0419. The molecule has 2 aromatic carbocycles. The van der Waals surface area contributed by atoms with E-state index in [2.05, 4.69) is 5.32 Å². The van der Waals surface area contributed by atoms with Crippen molar-refractivity contribution in [2.75, 3.05) is 17.7 Å². The van der Waals surface area contributed by atoms with E-state index in [9.17, 15) is 9.35 Å². The van der Waals surface area contributed by atoms with E-state index in [-0.39, 0.29) is 0 Å². The summed E-state index contributed by atoms with van der Waals surface area (Å²) in [5.41, 5.74) is 1.38. The molecular weight excluding hydrogens is 433 g/mol. The van der Waals surface area contributed by atoms with E-state index in [1.165, 1.54) is 0 Å². The summed E-state index contributed by atoms with van der Waals surface area (Å²) in [7, 11) is 0. The van der Waals surface area contributed by atoms with Crippen molar-refractivity contribution in [3.05, 3.63) is 51.5 Å². The number of rotatable bonds is 7. The number of nitrogens with one attached hydrogen (secondary N) is 1. The van der Waals surface area contributed by atoms with Crippen molar-refractivity contribution in [2.45, 2.75) is 44.1 Å². The molecule has 0 aliphatic carbocycles. The highest BCUT2D eigenvalue weighted by Crippen LogP contribution is 2.47. The molecule has 29 heavy (non-hydrogen) atoms. The van der Waals surface area contributed by atoms with Gasteiger partial charge in [0, 0.05) is 5.56 Å². The van der Waals surface area contributed by atoms with Gasteiger partial charge in [-0.2, -0.15) is 0 Å². The Morgan fingerprint density at radius 2 is 1.90 bits per heavy atom. The third kappa shape index (κ3) is 5.12. The largest absolute Gasteiger partial charge is 0.611 e. The second-order valence-electron chi connectivity index (χ2n) is 7.37. The van der Waals surface area contributed by atoms with E-state index >= 15 is 0 Å². The molecule has 0 aromatic heterocycles. The molecule has 0 spiro atoms. The number of aryl methyl sites for hydroxylation is 1. The van der Waals surface area contributed by atoms with Crippen LogP contribution in [0.15, 0.2) is 35.2 Å². The molecule has 0 saturated carbocycles. The molecule has 8 heteroatoms. The molecule has 0 radical (unpaired) electrons. The maximum Gasteiger partial charge on any atom is 0.412 e. The second-order valence-corrected chi connectivity index (χ2v) is 9.72.